The lowest BCUT2D eigenvalue weighted by Crippen LogP contribution is -2.16. The third-order valence-corrected chi connectivity index (χ3v) is 2.87. The zero-order chi connectivity index (χ0) is 13.3. The van der Waals surface area contributed by atoms with Crippen molar-refractivity contribution in [2.75, 3.05) is 13.2 Å². The minimum absolute atomic E-state index is 0.732. The van der Waals surface area contributed by atoms with Gasteiger partial charge in [-0.2, -0.15) is 0 Å². The summed E-state index contributed by atoms with van der Waals surface area (Å²) in [6, 6.07) is 14.0. The molecule has 0 atom stereocenters. The van der Waals surface area contributed by atoms with E-state index in [1.165, 1.54) is 0 Å². The standard InChI is InChI=1S/C16H21NO2/c1-2-14-9-10-16(19-14)13-17-11-6-12-18-15-7-4-3-5-8-15/h3-5,7-10,17H,2,6,11-13H2,1H3. The van der Waals surface area contributed by atoms with E-state index in [0.29, 0.717) is 0 Å². The van der Waals surface area contributed by atoms with Crippen LogP contribution in [-0.2, 0) is 13.0 Å². The summed E-state index contributed by atoms with van der Waals surface area (Å²) in [6.07, 6.45) is 1.93. The second-order valence-corrected chi connectivity index (χ2v) is 4.41. The smallest absolute Gasteiger partial charge is 0.119 e. The average molecular weight is 259 g/mol. The second-order valence-electron chi connectivity index (χ2n) is 4.41. The zero-order valence-corrected chi connectivity index (χ0v) is 11.4. The third-order valence-electron chi connectivity index (χ3n) is 2.87. The van der Waals surface area contributed by atoms with Crippen molar-refractivity contribution in [2.45, 2.75) is 26.3 Å². The maximum absolute atomic E-state index is 5.62. The summed E-state index contributed by atoms with van der Waals surface area (Å²) in [5, 5.41) is 3.35. The molecule has 19 heavy (non-hydrogen) atoms. The minimum atomic E-state index is 0.732. The molecule has 0 spiro atoms. The van der Waals surface area contributed by atoms with Crippen LogP contribution in [0.5, 0.6) is 5.75 Å². The molecule has 0 unspecified atom stereocenters. The molecule has 0 aliphatic carbocycles. The molecule has 3 heteroatoms. The number of hydrogen-bond acceptors (Lipinski definition) is 3. The number of aryl methyl sites for hydroxylation is 1. The van der Waals surface area contributed by atoms with Gasteiger partial charge in [-0.15, -0.1) is 0 Å². The molecule has 1 heterocycles. The van der Waals surface area contributed by atoms with Crippen LogP contribution in [0.3, 0.4) is 0 Å². The fraction of sp³-hybridized carbons (Fsp3) is 0.375. The number of nitrogens with one attached hydrogen (secondary N) is 1. The molecule has 102 valence electrons. The van der Waals surface area contributed by atoms with Gasteiger partial charge >= 0.3 is 0 Å². The highest BCUT2D eigenvalue weighted by Gasteiger charge is 1.99. The number of hydrogen-bond donors (Lipinski definition) is 1. The van der Waals surface area contributed by atoms with Crippen LogP contribution in [0.25, 0.3) is 0 Å². The van der Waals surface area contributed by atoms with Crippen molar-refractivity contribution in [3.63, 3.8) is 0 Å². The number of para-hydroxylation sites is 1. The van der Waals surface area contributed by atoms with Crippen LogP contribution in [0.4, 0.5) is 0 Å². The average Bonchev–Trinajstić information content (AvgIpc) is 2.92. The molecule has 3 nitrogen and oxygen atoms in total. The van der Waals surface area contributed by atoms with Gasteiger partial charge in [-0.1, -0.05) is 25.1 Å². The van der Waals surface area contributed by atoms with E-state index in [4.69, 9.17) is 9.15 Å². The summed E-state index contributed by atoms with van der Waals surface area (Å²) in [4.78, 5) is 0. The van der Waals surface area contributed by atoms with E-state index >= 15 is 0 Å². The Bertz CT molecular complexity index is 465. The monoisotopic (exact) mass is 259 g/mol. The summed E-state index contributed by atoms with van der Waals surface area (Å²) in [7, 11) is 0. The van der Waals surface area contributed by atoms with Crippen molar-refractivity contribution in [2.24, 2.45) is 0 Å². The summed E-state index contributed by atoms with van der Waals surface area (Å²) in [6.45, 7) is 4.53. The van der Waals surface area contributed by atoms with Crippen molar-refractivity contribution < 1.29 is 9.15 Å². The first-order chi connectivity index (χ1) is 9.38. The van der Waals surface area contributed by atoms with E-state index < -0.39 is 0 Å². The van der Waals surface area contributed by atoms with Gasteiger partial charge in [-0.3, -0.25) is 0 Å². The Morgan fingerprint density at radius 3 is 2.58 bits per heavy atom. The van der Waals surface area contributed by atoms with Gasteiger partial charge in [-0.05, 0) is 37.2 Å². The van der Waals surface area contributed by atoms with Crippen molar-refractivity contribution in [1.82, 2.24) is 5.32 Å². The summed E-state index contributed by atoms with van der Waals surface area (Å²) < 4.78 is 11.2. The molecular weight excluding hydrogens is 238 g/mol. The Hall–Kier alpha value is -1.74. The van der Waals surface area contributed by atoms with Gasteiger partial charge in [0.25, 0.3) is 0 Å². The van der Waals surface area contributed by atoms with Crippen LogP contribution >= 0.6 is 0 Å². The van der Waals surface area contributed by atoms with Gasteiger partial charge in [0.2, 0.25) is 0 Å². The SMILES string of the molecule is CCc1ccc(CNCCCOc2ccccc2)o1. The lowest BCUT2D eigenvalue weighted by molar-refractivity contribution is 0.307. The number of ether oxygens (including phenoxy) is 1. The first-order valence-electron chi connectivity index (χ1n) is 6.84. The van der Waals surface area contributed by atoms with Crippen LogP contribution < -0.4 is 10.1 Å². The molecular formula is C16H21NO2. The Kier molecular flexibility index (Phi) is 5.50. The van der Waals surface area contributed by atoms with Crippen molar-refractivity contribution in [1.29, 1.82) is 0 Å². The number of furan rings is 1. The van der Waals surface area contributed by atoms with E-state index in [2.05, 4.69) is 12.2 Å². The van der Waals surface area contributed by atoms with Gasteiger partial charge in [0.1, 0.15) is 17.3 Å². The zero-order valence-electron chi connectivity index (χ0n) is 11.4. The summed E-state index contributed by atoms with van der Waals surface area (Å²) in [5.41, 5.74) is 0. The molecule has 0 bridgehead atoms. The fourth-order valence-corrected chi connectivity index (χ4v) is 1.82. The van der Waals surface area contributed by atoms with Crippen molar-refractivity contribution >= 4 is 0 Å². The molecule has 1 aromatic heterocycles. The molecule has 1 N–H and O–H groups in total. The van der Waals surface area contributed by atoms with Crippen LogP contribution in [0.15, 0.2) is 46.9 Å². The maximum atomic E-state index is 5.62. The maximum Gasteiger partial charge on any atom is 0.119 e. The highest BCUT2D eigenvalue weighted by molar-refractivity contribution is 5.20. The predicted molar refractivity (Wildman–Crippen MR) is 76.3 cm³/mol. The lowest BCUT2D eigenvalue weighted by atomic mass is 10.3. The van der Waals surface area contributed by atoms with E-state index in [9.17, 15) is 0 Å². The van der Waals surface area contributed by atoms with Gasteiger partial charge in [-0.25, -0.2) is 0 Å². The molecule has 0 fully saturated rings. The largest absolute Gasteiger partial charge is 0.494 e. The quantitative estimate of drug-likeness (QED) is 0.738. The van der Waals surface area contributed by atoms with Crippen LogP contribution in [0.2, 0.25) is 0 Å². The normalized spacial score (nSPS) is 10.6. The van der Waals surface area contributed by atoms with E-state index in [1.54, 1.807) is 0 Å². The molecule has 0 aliphatic heterocycles. The molecule has 0 saturated heterocycles. The molecule has 0 radical (unpaired) electrons. The van der Waals surface area contributed by atoms with E-state index in [1.807, 2.05) is 42.5 Å². The Balaban J connectivity index is 1.55. The van der Waals surface area contributed by atoms with Gasteiger partial charge in [0, 0.05) is 6.42 Å². The van der Waals surface area contributed by atoms with E-state index in [0.717, 1.165) is 49.8 Å². The van der Waals surface area contributed by atoms with E-state index in [-0.39, 0.29) is 0 Å². The summed E-state index contributed by atoms with van der Waals surface area (Å²) in [5.74, 6) is 2.98. The first kappa shape index (κ1) is 13.7. The Morgan fingerprint density at radius 1 is 1.05 bits per heavy atom. The van der Waals surface area contributed by atoms with Crippen LogP contribution in [-0.4, -0.2) is 13.2 Å². The first-order valence-corrected chi connectivity index (χ1v) is 6.84. The summed E-state index contributed by atoms with van der Waals surface area (Å²) >= 11 is 0. The second kappa shape index (κ2) is 7.64. The third kappa shape index (κ3) is 4.79. The highest BCUT2D eigenvalue weighted by atomic mass is 16.5. The Morgan fingerprint density at radius 2 is 1.84 bits per heavy atom. The Labute approximate surface area is 114 Å². The predicted octanol–water partition coefficient (Wildman–Crippen LogP) is 3.40. The topological polar surface area (TPSA) is 34.4 Å². The molecule has 2 rings (SSSR count). The minimum Gasteiger partial charge on any atom is -0.494 e. The molecule has 0 amide bonds. The molecule has 0 aliphatic rings. The highest BCUT2D eigenvalue weighted by Crippen LogP contribution is 2.09. The van der Waals surface area contributed by atoms with Crippen LogP contribution in [0.1, 0.15) is 24.9 Å². The van der Waals surface area contributed by atoms with Crippen molar-refractivity contribution in [3.8, 4) is 5.75 Å². The van der Waals surface area contributed by atoms with Crippen LogP contribution in [0, 0.1) is 0 Å². The van der Waals surface area contributed by atoms with Gasteiger partial charge in [0.15, 0.2) is 0 Å². The number of benzene rings is 1. The lowest BCUT2D eigenvalue weighted by Gasteiger charge is -2.06. The molecule has 2 aromatic rings. The van der Waals surface area contributed by atoms with Gasteiger partial charge < -0.3 is 14.5 Å². The number of rotatable bonds is 8. The molecule has 1 aromatic carbocycles. The van der Waals surface area contributed by atoms with Crippen molar-refractivity contribution in [3.05, 3.63) is 54.0 Å². The molecule has 0 saturated carbocycles. The fourth-order valence-electron chi connectivity index (χ4n) is 1.82. The van der Waals surface area contributed by atoms with Gasteiger partial charge in [0.05, 0.1) is 13.2 Å².